The van der Waals surface area contributed by atoms with Crippen LogP contribution in [0.1, 0.15) is 59.3 Å². The van der Waals surface area contributed by atoms with Crippen molar-refractivity contribution in [3.63, 3.8) is 0 Å². The van der Waals surface area contributed by atoms with Crippen LogP contribution >= 0.6 is 0 Å². The van der Waals surface area contributed by atoms with Crippen LogP contribution in [0.5, 0.6) is 0 Å². The van der Waals surface area contributed by atoms with Gasteiger partial charge in [0.25, 0.3) is 0 Å². The summed E-state index contributed by atoms with van der Waals surface area (Å²) in [5.74, 6) is 0. The molecule has 2 fully saturated rings. The fourth-order valence-corrected chi connectivity index (χ4v) is 3.04. The van der Waals surface area contributed by atoms with E-state index in [4.69, 9.17) is 4.84 Å². The molecule has 1 saturated heterocycles. The van der Waals surface area contributed by atoms with E-state index in [1.165, 1.54) is 37.1 Å². The summed E-state index contributed by atoms with van der Waals surface area (Å²) in [6, 6.07) is 0.716. The van der Waals surface area contributed by atoms with E-state index in [9.17, 15) is 5.21 Å². The maximum Gasteiger partial charge on any atom is 0.233 e. The van der Waals surface area contributed by atoms with E-state index in [1.807, 2.05) is 20.8 Å². The highest BCUT2D eigenvalue weighted by atomic mass is 16.7. The predicted octanol–water partition coefficient (Wildman–Crippen LogP) is 2.93. The standard InChI is InChI=1S/C15H30N4O2/c1-15(2,3)17(4)19(20)16-21-14-10-11-18(12-14)13-8-6-5-7-9-13/h13-14H,5-12H2,1-4H3/b19-16-/t14-/m1/s1. The van der Waals surface area contributed by atoms with Crippen LogP contribution < -0.4 is 0 Å². The summed E-state index contributed by atoms with van der Waals surface area (Å²) in [6.07, 6.45) is 7.71. The van der Waals surface area contributed by atoms with Crippen LogP contribution in [-0.2, 0) is 4.84 Å². The summed E-state index contributed by atoms with van der Waals surface area (Å²) < 4.78 is 0. The Morgan fingerprint density at radius 3 is 2.48 bits per heavy atom. The molecule has 0 unspecified atom stereocenters. The molecule has 1 aliphatic heterocycles. The van der Waals surface area contributed by atoms with Gasteiger partial charge in [-0.25, -0.2) is 0 Å². The zero-order valence-electron chi connectivity index (χ0n) is 13.9. The molecule has 122 valence electrons. The van der Waals surface area contributed by atoms with Crippen LogP contribution in [0.25, 0.3) is 0 Å². The Morgan fingerprint density at radius 2 is 1.86 bits per heavy atom. The number of nitrogens with zero attached hydrogens (tertiary/aromatic N) is 4. The van der Waals surface area contributed by atoms with Crippen molar-refractivity contribution in [1.29, 1.82) is 0 Å². The molecule has 0 aromatic carbocycles. The molecule has 2 rings (SSSR count). The third kappa shape index (κ3) is 4.46. The number of hydrogen-bond acceptors (Lipinski definition) is 4. The molecule has 0 aromatic heterocycles. The van der Waals surface area contributed by atoms with Crippen LogP contribution in [-0.4, -0.2) is 52.7 Å². The first-order valence-corrected chi connectivity index (χ1v) is 8.20. The van der Waals surface area contributed by atoms with Crippen molar-refractivity contribution >= 4 is 0 Å². The van der Waals surface area contributed by atoms with E-state index in [0.29, 0.717) is 11.0 Å². The number of likely N-dealkylation sites (tertiary alicyclic amines) is 1. The Labute approximate surface area is 128 Å². The minimum atomic E-state index is -0.265. The van der Waals surface area contributed by atoms with Gasteiger partial charge >= 0.3 is 0 Å². The predicted molar refractivity (Wildman–Crippen MR) is 81.5 cm³/mol. The van der Waals surface area contributed by atoms with E-state index in [2.05, 4.69) is 10.2 Å². The van der Waals surface area contributed by atoms with Crippen LogP contribution in [0.3, 0.4) is 0 Å². The molecule has 0 aromatic rings. The molecule has 21 heavy (non-hydrogen) atoms. The first-order valence-electron chi connectivity index (χ1n) is 8.20. The van der Waals surface area contributed by atoms with E-state index in [-0.39, 0.29) is 11.6 Å². The van der Waals surface area contributed by atoms with Crippen molar-refractivity contribution in [2.75, 3.05) is 20.1 Å². The molecule has 1 aliphatic carbocycles. The molecule has 2 aliphatic rings. The molecule has 0 amide bonds. The van der Waals surface area contributed by atoms with E-state index in [1.54, 1.807) is 7.05 Å². The molecular formula is C15H30N4O2. The van der Waals surface area contributed by atoms with Gasteiger partial charge in [-0.1, -0.05) is 19.3 Å². The minimum absolute atomic E-state index is 0.0525. The van der Waals surface area contributed by atoms with Crippen LogP contribution in [0.4, 0.5) is 0 Å². The zero-order valence-corrected chi connectivity index (χ0v) is 13.9. The van der Waals surface area contributed by atoms with Gasteiger partial charge < -0.3 is 10.0 Å². The van der Waals surface area contributed by atoms with Crippen molar-refractivity contribution in [2.45, 2.75) is 77.0 Å². The summed E-state index contributed by atoms with van der Waals surface area (Å²) >= 11 is 0. The molecule has 6 heteroatoms. The Balaban J connectivity index is 1.79. The van der Waals surface area contributed by atoms with Crippen LogP contribution in [0, 0.1) is 5.21 Å². The third-order valence-electron chi connectivity index (χ3n) is 4.76. The van der Waals surface area contributed by atoms with Crippen molar-refractivity contribution in [1.82, 2.24) is 9.91 Å². The highest BCUT2D eigenvalue weighted by Crippen LogP contribution is 2.26. The summed E-state index contributed by atoms with van der Waals surface area (Å²) in [5.41, 5.74) is -0.265. The van der Waals surface area contributed by atoms with Gasteiger partial charge in [0.15, 0.2) is 0 Å². The van der Waals surface area contributed by atoms with Crippen LogP contribution in [0.15, 0.2) is 5.28 Å². The lowest BCUT2D eigenvalue weighted by Crippen LogP contribution is -2.42. The van der Waals surface area contributed by atoms with Crippen LogP contribution in [0.2, 0.25) is 0 Å². The monoisotopic (exact) mass is 298 g/mol. The SMILES string of the molecule is CN(/[N+]([O-])=N/O[C@@H]1CCN(C2CCCCC2)C1)C(C)(C)C. The van der Waals surface area contributed by atoms with Gasteiger partial charge in [-0.3, -0.25) is 4.90 Å². The fourth-order valence-electron chi connectivity index (χ4n) is 3.04. The normalized spacial score (nSPS) is 26.1. The second kappa shape index (κ2) is 6.81. The van der Waals surface area contributed by atoms with Gasteiger partial charge in [-0.15, -0.1) is 5.01 Å². The highest BCUT2D eigenvalue weighted by molar-refractivity contribution is 4.83. The number of hydrazine groups is 1. The number of rotatable bonds is 4. The summed E-state index contributed by atoms with van der Waals surface area (Å²) in [5, 5.41) is 17.1. The molecule has 0 bridgehead atoms. The highest BCUT2D eigenvalue weighted by Gasteiger charge is 2.31. The summed E-state index contributed by atoms with van der Waals surface area (Å²) in [6.45, 7) is 7.87. The van der Waals surface area contributed by atoms with E-state index in [0.717, 1.165) is 19.5 Å². The lowest BCUT2D eigenvalue weighted by molar-refractivity contribution is -0.720. The summed E-state index contributed by atoms with van der Waals surface area (Å²) in [4.78, 5) is 8.53. The van der Waals surface area contributed by atoms with Gasteiger partial charge in [-0.2, -0.15) is 0 Å². The molecule has 0 radical (unpaired) electrons. The topological polar surface area (TPSA) is 54.1 Å². The maximum atomic E-state index is 11.9. The Hall–Kier alpha value is -1.04. The van der Waals surface area contributed by atoms with Gasteiger partial charge in [0.1, 0.15) is 6.10 Å². The van der Waals surface area contributed by atoms with Crippen molar-refractivity contribution < 1.29 is 9.81 Å². The fraction of sp³-hybridized carbons (Fsp3) is 1.00. The molecule has 6 nitrogen and oxygen atoms in total. The first kappa shape index (κ1) is 16.3. The lowest BCUT2D eigenvalue weighted by atomic mass is 9.94. The Morgan fingerprint density at radius 1 is 1.19 bits per heavy atom. The van der Waals surface area contributed by atoms with Gasteiger partial charge in [0, 0.05) is 25.6 Å². The zero-order chi connectivity index (χ0) is 15.5. The van der Waals surface area contributed by atoms with Gasteiger partial charge in [-0.05, 0) is 33.6 Å². The largest absolute Gasteiger partial charge is 0.569 e. The third-order valence-corrected chi connectivity index (χ3v) is 4.76. The Kier molecular flexibility index (Phi) is 5.30. The molecule has 0 spiro atoms. The molecule has 1 saturated carbocycles. The second-order valence-electron chi connectivity index (χ2n) is 7.33. The smallest absolute Gasteiger partial charge is 0.233 e. The van der Waals surface area contributed by atoms with Gasteiger partial charge in [0.05, 0.1) is 17.6 Å². The molecule has 1 heterocycles. The lowest BCUT2D eigenvalue weighted by Gasteiger charge is -2.30. The Bertz CT molecular complexity index is 361. The van der Waals surface area contributed by atoms with Crippen molar-refractivity contribution in [3.05, 3.63) is 5.21 Å². The average molecular weight is 298 g/mol. The quantitative estimate of drug-likeness (QED) is 0.455. The average Bonchev–Trinajstić information content (AvgIpc) is 2.93. The van der Waals surface area contributed by atoms with E-state index >= 15 is 0 Å². The maximum absolute atomic E-state index is 11.9. The van der Waals surface area contributed by atoms with Gasteiger partial charge in [0.2, 0.25) is 5.28 Å². The molecule has 1 atom stereocenters. The first-order chi connectivity index (χ1) is 9.88. The van der Waals surface area contributed by atoms with Crippen molar-refractivity contribution in [2.24, 2.45) is 5.28 Å². The molecular weight excluding hydrogens is 268 g/mol. The summed E-state index contributed by atoms with van der Waals surface area (Å²) in [7, 11) is 1.73. The number of hydrogen-bond donors (Lipinski definition) is 0. The van der Waals surface area contributed by atoms with Crippen molar-refractivity contribution in [3.8, 4) is 0 Å². The minimum Gasteiger partial charge on any atom is -0.569 e. The second-order valence-corrected chi connectivity index (χ2v) is 7.33. The van der Waals surface area contributed by atoms with E-state index < -0.39 is 0 Å². The molecule has 0 N–H and O–H groups in total.